The summed E-state index contributed by atoms with van der Waals surface area (Å²) in [5, 5.41) is 9.50. The van der Waals surface area contributed by atoms with Crippen molar-refractivity contribution in [2.75, 3.05) is 11.4 Å². The molecule has 1 aliphatic heterocycles. The molecule has 3 aromatic rings. The van der Waals surface area contributed by atoms with Crippen molar-refractivity contribution in [2.45, 2.75) is 12.3 Å². The zero-order chi connectivity index (χ0) is 22.0. The summed E-state index contributed by atoms with van der Waals surface area (Å²) in [5.41, 5.74) is 7.76. The van der Waals surface area contributed by atoms with Gasteiger partial charge >= 0.3 is 0 Å². The Hall–Kier alpha value is -3.82. The number of anilines is 1. The zero-order valence-electron chi connectivity index (χ0n) is 16.4. The van der Waals surface area contributed by atoms with E-state index in [1.807, 2.05) is 12.1 Å². The Balaban J connectivity index is 1.57. The van der Waals surface area contributed by atoms with Crippen LogP contribution < -0.4 is 15.4 Å². The van der Waals surface area contributed by atoms with Crippen LogP contribution in [0.4, 0.5) is 5.69 Å². The van der Waals surface area contributed by atoms with Gasteiger partial charge in [-0.3, -0.25) is 9.59 Å². The number of carbonyl (C=O) groups excluding carboxylic acids is 2. The molecule has 0 aromatic heterocycles. The molecule has 1 saturated heterocycles. The highest BCUT2D eigenvalue weighted by Crippen LogP contribution is 2.37. The second-order valence-electron chi connectivity index (χ2n) is 7.25. The van der Waals surface area contributed by atoms with E-state index < -0.39 is 5.91 Å². The third kappa shape index (κ3) is 4.37. The average Bonchev–Trinajstić information content (AvgIpc) is 3.17. The Bertz CT molecular complexity index is 1220. The highest BCUT2D eigenvalue weighted by Gasteiger charge is 2.32. The van der Waals surface area contributed by atoms with Gasteiger partial charge in [0, 0.05) is 30.1 Å². The molecule has 0 saturated carbocycles. The van der Waals surface area contributed by atoms with Crippen molar-refractivity contribution < 1.29 is 14.3 Å². The number of amides is 2. The van der Waals surface area contributed by atoms with E-state index in [0.717, 1.165) is 5.56 Å². The van der Waals surface area contributed by atoms with Crippen molar-refractivity contribution >= 4 is 29.1 Å². The molecule has 1 aliphatic rings. The van der Waals surface area contributed by atoms with E-state index in [4.69, 9.17) is 27.3 Å². The summed E-state index contributed by atoms with van der Waals surface area (Å²) in [7, 11) is 0. The van der Waals surface area contributed by atoms with Crippen molar-refractivity contribution in [1.29, 1.82) is 5.26 Å². The van der Waals surface area contributed by atoms with Crippen molar-refractivity contribution in [3.8, 4) is 17.6 Å². The maximum Gasteiger partial charge on any atom is 0.248 e. The van der Waals surface area contributed by atoms with Crippen LogP contribution in [0.2, 0.25) is 5.02 Å². The van der Waals surface area contributed by atoms with Crippen molar-refractivity contribution in [3.63, 3.8) is 0 Å². The van der Waals surface area contributed by atoms with Crippen molar-refractivity contribution in [1.82, 2.24) is 0 Å². The first kappa shape index (κ1) is 20.5. The Morgan fingerprint density at radius 1 is 1.13 bits per heavy atom. The van der Waals surface area contributed by atoms with Gasteiger partial charge in [0.15, 0.2) is 0 Å². The number of nitrogens with two attached hydrogens (primary N) is 1. The minimum absolute atomic E-state index is 0.0363. The summed E-state index contributed by atoms with van der Waals surface area (Å²) in [6.45, 7) is 0.464. The lowest BCUT2D eigenvalue weighted by atomic mass is 9.98. The van der Waals surface area contributed by atoms with Gasteiger partial charge in [0.2, 0.25) is 11.8 Å². The number of rotatable bonds is 5. The summed E-state index contributed by atoms with van der Waals surface area (Å²) < 4.78 is 5.90. The van der Waals surface area contributed by atoms with Crippen LogP contribution >= 0.6 is 11.6 Å². The minimum Gasteiger partial charge on any atom is -0.456 e. The van der Waals surface area contributed by atoms with Crippen LogP contribution in [0.5, 0.6) is 11.5 Å². The van der Waals surface area contributed by atoms with Crippen molar-refractivity contribution in [3.05, 3.63) is 88.4 Å². The third-order valence-electron chi connectivity index (χ3n) is 5.18. The standard InChI is InChI=1S/C24H18ClN3O3/c25-21-8-7-16(11-22(21)31-20-6-1-3-15(9-20)13-26)18-12-23(29)28(14-18)19-5-2-4-17(10-19)24(27)30/h1-11,18H,12,14H2,(H2,27,30)/t18-/m0/s1. The number of ether oxygens (including phenoxy) is 1. The Labute approximate surface area is 184 Å². The average molecular weight is 432 g/mol. The summed E-state index contributed by atoms with van der Waals surface area (Å²) in [5.74, 6) is 0.326. The van der Waals surface area contributed by atoms with E-state index in [1.54, 1.807) is 59.5 Å². The van der Waals surface area contributed by atoms with E-state index in [-0.39, 0.29) is 11.8 Å². The lowest BCUT2D eigenvalue weighted by Crippen LogP contribution is -2.24. The number of carbonyl (C=O) groups is 2. The fraction of sp³-hybridized carbons (Fsp3) is 0.125. The molecule has 0 bridgehead atoms. The molecule has 0 spiro atoms. The SMILES string of the molecule is N#Cc1cccc(Oc2cc([C@H]3CC(=O)N(c4cccc(C(N)=O)c4)C3)ccc2Cl)c1. The van der Waals surface area contributed by atoms with E-state index in [0.29, 0.717) is 46.3 Å². The molecule has 2 N–H and O–H groups in total. The van der Waals surface area contributed by atoms with Gasteiger partial charge < -0.3 is 15.4 Å². The fourth-order valence-corrected chi connectivity index (χ4v) is 3.77. The van der Waals surface area contributed by atoms with Crippen LogP contribution in [0, 0.1) is 11.3 Å². The second kappa shape index (κ2) is 8.50. The van der Waals surface area contributed by atoms with Crippen LogP contribution in [0.25, 0.3) is 0 Å². The monoisotopic (exact) mass is 431 g/mol. The molecule has 0 radical (unpaired) electrons. The quantitative estimate of drug-likeness (QED) is 0.637. The van der Waals surface area contributed by atoms with Gasteiger partial charge in [-0.05, 0) is 54.1 Å². The van der Waals surface area contributed by atoms with Gasteiger partial charge in [0.1, 0.15) is 11.5 Å². The lowest BCUT2D eigenvalue weighted by molar-refractivity contribution is -0.117. The van der Waals surface area contributed by atoms with Gasteiger partial charge in [-0.1, -0.05) is 29.8 Å². The number of nitriles is 1. The van der Waals surface area contributed by atoms with Crippen molar-refractivity contribution in [2.24, 2.45) is 5.73 Å². The molecule has 0 unspecified atom stereocenters. The number of primary amides is 1. The predicted molar refractivity (Wildman–Crippen MR) is 117 cm³/mol. The molecule has 154 valence electrons. The van der Waals surface area contributed by atoms with Gasteiger partial charge in [-0.15, -0.1) is 0 Å². The van der Waals surface area contributed by atoms with E-state index in [9.17, 15) is 9.59 Å². The largest absolute Gasteiger partial charge is 0.456 e. The first-order valence-corrected chi connectivity index (χ1v) is 10.00. The van der Waals surface area contributed by atoms with Crippen LogP contribution in [0.3, 0.4) is 0 Å². The molecule has 1 fully saturated rings. The summed E-state index contributed by atoms with van der Waals surface area (Å²) in [4.78, 5) is 25.8. The Morgan fingerprint density at radius 3 is 2.71 bits per heavy atom. The van der Waals surface area contributed by atoms with Gasteiger partial charge in [0.05, 0.1) is 16.7 Å². The molecule has 4 rings (SSSR count). The summed E-state index contributed by atoms with van der Waals surface area (Å²) in [6.07, 6.45) is 0.325. The highest BCUT2D eigenvalue weighted by atomic mass is 35.5. The minimum atomic E-state index is -0.537. The first-order chi connectivity index (χ1) is 14.9. The van der Waals surface area contributed by atoms with Crippen LogP contribution in [0.1, 0.15) is 33.8 Å². The number of benzene rings is 3. The molecule has 0 aliphatic carbocycles. The molecular formula is C24H18ClN3O3. The van der Waals surface area contributed by atoms with E-state index in [2.05, 4.69) is 6.07 Å². The van der Waals surface area contributed by atoms with Crippen LogP contribution in [0.15, 0.2) is 66.7 Å². The number of nitrogens with zero attached hydrogens (tertiary/aromatic N) is 2. The van der Waals surface area contributed by atoms with Crippen LogP contribution in [-0.2, 0) is 4.79 Å². The summed E-state index contributed by atoms with van der Waals surface area (Å²) >= 11 is 6.32. The van der Waals surface area contributed by atoms with Gasteiger partial charge in [0.25, 0.3) is 0 Å². The van der Waals surface area contributed by atoms with E-state index in [1.165, 1.54) is 0 Å². The maximum absolute atomic E-state index is 12.7. The molecule has 1 atom stereocenters. The number of hydrogen-bond acceptors (Lipinski definition) is 4. The van der Waals surface area contributed by atoms with Gasteiger partial charge in [-0.25, -0.2) is 0 Å². The molecule has 31 heavy (non-hydrogen) atoms. The van der Waals surface area contributed by atoms with Crippen LogP contribution in [-0.4, -0.2) is 18.4 Å². The first-order valence-electron chi connectivity index (χ1n) is 9.62. The molecule has 1 heterocycles. The second-order valence-corrected chi connectivity index (χ2v) is 7.66. The number of hydrogen-bond donors (Lipinski definition) is 1. The molecule has 7 heteroatoms. The Morgan fingerprint density at radius 2 is 1.94 bits per heavy atom. The summed E-state index contributed by atoms with van der Waals surface area (Å²) in [6, 6.07) is 21.1. The normalized spacial score (nSPS) is 15.5. The predicted octanol–water partition coefficient (Wildman–Crippen LogP) is 4.62. The zero-order valence-corrected chi connectivity index (χ0v) is 17.2. The molecule has 3 aromatic carbocycles. The fourth-order valence-electron chi connectivity index (χ4n) is 3.62. The molecule has 6 nitrogen and oxygen atoms in total. The van der Waals surface area contributed by atoms with E-state index >= 15 is 0 Å². The smallest absolute Gasteiger partial charge is 0.248 e. The third-order valence-corrected chi connectivity index (χ3v) is 5.50. The maximum atomic E-state index is 12.7. The number of halogens is 1. The van der Waals surface area contributed by atoms with Gasteiger partial charge in [-0.2, -0.15) is 5.26 Å². The Kier molecular flexibility index (Phi) is 5.61. The molecule has 2 amide bonds. The highest BCUT2D eigenvalue weighted by molar-refractivity contribution is 6.32. The topological polar surface area (TPSA) is 96.4 Å². The lowest BCUT2D eigenvalue weighted by Gasteiger charge is -2.18. The molecular weight excluding hydrogens is 414 g/mol.